The van der Waals surface area contributed by atoms with Crippen LogP contribution < -0.4 is 10.6 Å². The van der Waals surface area contributed by atoms with Gasteiger partial charge in [-0.15, -0.1) is 0 Å². The van der Waals surface area contributed by atoms with E-state index in [0.29, 0.717) is 23.4 Å². The van der Waals surface area contributed by atoms with E-state index in [9.17, 15) is 14.4 Å². The second kappa shape index (κ2) is 8.88. The summed E-state index contributed by atoms with van der Waals surface area (Å²) in [5, 5.41) is 5.28. The van der Waals surface area contributed by atoms with Crippen molar-refractivity contribution in [2.24, 2.45) is 0 Å². The molecule has 3 aromatic rings. The fourth-order valence-electron chi connectivity index (χ4n) is 2.77. The number of nitrogens with zero attached hydrogens (tertiary/aromatic N) is 1. The Hall–Kier alpha value is -3.87. The van der Waals surface area contributed by atoms with Crippen LogP contribution in [-0.4, -0.2) is 36.7 Å². The Balaban J connectivity index is 1.60. The van der Waals surface area contributed by atoms with Crippen molar-refractivity contribution in [1.29, 1.82) is 0 Å². The summed E-state index contributed by atoms with van der Waals surface area (Å²) in [6.45, 7) is 0.407. The number of carbonyl (C=O) groups excluding carboxylic acids is 3. The first kappa shape index (κ1) is 19.9. The lowest BCUT2D eigenvalue weighted by Gasteiger charge is -2.18. The van der Waals surface area contributed by atoms with E-state index in [0.717, 1.165) is 5.56 Å². The van der Waals surface area contributed by atoms with Gasteiger partial charge in [-0.2, -0.15) is 0 Å². The number of benzene rings is 2. The Kier molecular flexibility index (Phi) is 6.09. The molecule has 7 heteroatoms. The average molecular weight is 391 g/mol. The maximum atomic E-state index is 12.7. The van der Waals surface area contributed by atoms with Gasteiger partial charge in [0.1, 0.15) is 0 Å². The lowest BCUT2D eigenvalue weighted by Crippen LogP contribution is -2.26. The average Bonchev–Trinajstić information content (AvgIpc) is 3.29. The van der Waals surface area contributed by atoms with Gasteiger partial charge in [0, 0.05) is 37.5 Å². The Morgan fingerprint density at radius 2 is 1.55 bits per heavy atom. The van der Waals surface area contributed by atoms with Crippen LogP contribution in [0.15, 0.2) is 71.3 Å². The van der Waals surface area contributed by atoms with Gasteiger partial charge in [-0.05, 0) is 54.1 Å². The summed E-state index contributed by atoms with van der Waals surface area (Å²) in [5.41, 5.74) is 2.55. The van der Waals surface area contributed by atoms with Gasteiger partial charge in [0.2, 0.25) is 0 Å². The normalized spacial score (nSPS) is 10.3. The molecule has 0 saturated heterocycles. The molecule has 0 unspecified atom stereocenters. The van der Waals surface area contributed by atoms with Crippen LogP contribution in [0, 0.1) is 0 Å². The van der Waals surface area contributed by atoms with E-state index < -0.39 is 0 Å². The molecule has 0 aliphatic heterocycles. The first-order valence-corrected chi connectivity index (χ1v) is 8.99. The van der Waals surface area contributed by atoms with E-state index >= 15 is 0 Å². The van der Waals surface area contributed by atoms with E-state index in [4.69, 9.17) is 4.42 Å². The van der Waals surface area contributed by atoms with Crippen LogP contribution in [0.1, 0.15) is 36.8 Å². The minimum absolute atomic E-state index is 0.149. The lowest BCUT2D eigenvalue weighted by atomic mass is 10.1. The molecule has 0 aliphatic rings. The van der Waals surface area contributed by atoms with Crippen molar-refractivity contribution in [1.82, 2.24) is 10.2 Å². The van der Waals surface area contributed by atoms with E-state index in [1.807, 2.05) is 12.1 Å². The van der Waals surface area contributed by atoms with Crippen molar-refractivity contribution >= 4 is 23.4 Å². The zero-order valence-corrected chi connectivity index (χ0v) is 16.1. The molecular formula is C22H21N3O4. The predicted molar refractivity (Wildman–Crippen MR) is 109 cm³/mol. The van der Waals surface area contributed by atoms with Crippen LogP contribution in [0.5, 0.6) is 0 Å². The molecule has 0 bridgehead atoms. The highest BCUT2D eigenvalue weighted by molar-refractivity contribution is 6.02. The molecular weight excluding hydrogens is 370 g/mol. The Morgan fingerprint density at radius 3 is 2.14 bits per heavy atom. The second-order valence-corrected chi connectivity index (χ2v) is 6.45. The highest BCUT2D eigenvalue weighted by atomic mass is 16.3. The summed E-state index contributed by atoms with van der Waals surface area (Å²) in [6, 6.07) is 17.0. The molecule has 3 rings (SSSR count). The third kappa shape index (κ3) is 4.90. The zero-order valence-electron chi connectivity index (χ0n) is 16.1. The molecule has 0 atom stereocenters. The van der Waals surface area contributed by atoms with Gasteiger partial charge in [-0.1, -0.05) is 12.1 Å². The molecule has 1 aromatic heterocycles. The molecule has 0 saturated carbocycles. The summed E-state index contributed by atoms with van der Waals surface area (Å²) in [6.07, 6.45) is 1.43. The van der Waals surface area contributed by atoms with Crippen molar-refractivity contribution in [2.45, 2.75) is 6.54 Å². The third-order valence-electron chi connectivity index (χ3n) is 4.34. The third-order valence-corrected chi connectivity index (χ3v) is 4.34. The van der Waals surface area contributed by atoms with Gasteiger partial charge in [0.15, 0.2) is 5.76 Å². The summed E-state index contributed by atoms with van der Waals surface area (Å²) in [7, 11) is 3.29. The number of rotatable bonds is 6. The number of furan rings is 1. The minimum Gasteiger partial charge on any atom is -0.459 e. The Labute approximate surface area is 168 Å². The Morgan fingerprint density at radius 1 is 0.897 bits per heavy atom. The van der Waals surface area contributed by atoms with E-state index in [1.165, 1.54) is 6.26 Å². The maximum absolute atomic E-state index is 12.7. The summed E-state index contributed by atoms with van der Waals surface area (Å²) >= 11 is 0. The molecule has 0 aliphatic carbocycles. The molecule has 2 N–H and O–H groups in total. The van der Waals surface area contributed by atoms with Crippen molar-refractivity contribution in [3.8, 4) is 0 Å². The van der Waals surface area contributed by atoms with Gasteiger partial charge in [0.05, 0.1) is 6.26 Å². The summed E-state index contributed by atoms with van der Waals surface area (Å²) < 4.78 is 5.05. The largest absolute Gasteiger partial charge is 0.459 e. The quantitative estimate of drug-likeness (QED) is 0.675. The van der Waals surface area contributed by atoms with Crippen LogP contribution in [0.25, 0.3) is 0 Å². The topological polar surface area (TPSA) is 91.7 Å². The maximum Gasteiger partial charge on any atom is 0.291 e. The zero-order chi connectivity index (χ0) is 20.8. The van der Waals surface area contributed by atoms with Crippen LogP contribution >= 0.6 is 0 Å². The van der Waals surface area contributed by atoms with Crippen molar-refractivity contribution in [3.05, 3.63) is 89.4 Å². The fraction of sp³-hybridized carbons (Fsp3) is 0.136. The number of carbonyl (C=O) groups is 3. The van der Waals surface area contributed by atoms with E-state index in [2.05, 4.69) is 10.6 Å². The fourth-order valence-corrected chi connectivity index (χ4v) is 2.77. The van der Waals surface area contributed by atoms with Gasteiger partial charge >= 0.3 is 0 Å². The molecule has 29 heavy (non-hydrogen) atoms. The van der Waals surface area contributed by atoms with Crippen LogP contribution in [0.4, 0.5) is 5.69 Å². The number of hydrogen-bond acceptors (Lipinski definition) is 4. The molecule has 0 radical (unpaired) electrons. The van der Waals surface area contributed by atoms with E-state index in [-0.39, 0.29) is 23.5 Å². The van der Waals surface area contributed by atoms with Crippen molar-refractivity contribution in [2.75, 3.05) is 19.4 Å². The van der Waals surface area contributed by atoms with Crippen LogP contribution in [0.2, 0.25) is 0 Å². The van der Waals surface area contributed by atoms with Gasteiger partial charge in [-0.3, -0.25) is 14.4 Å². The van der Waals surface area contributed by atoms with Crippen molar-refractivity contribution < 1.29 is 18.8 Å². The number of amides is 3. The molecule has 3 amide bonds. The second-order valence-electron chi connectivity index (χ2n) is 6.45. The smallest absolute Gasteiger partial charge is 0.291 e. The highest BCUT2D eigenvalue weighted by Gasteiger charge is 2.14. The van der Waals surface area contributed by atoms with Crippen LogP contribution in [-0.2, 0) is 6.54 Å². The Bertz CT molecular complexity index is 994. The minimum atomic E-state index is -0.355. The monoisotopic (exact) mass is 391 g/mol. The highest BCUT2D eigenvalue weighted by Crippen LogP contribution is 2.14. The SMILES string of the molecule is CNC(=O)c1ccc(CN(C)C(=O)c2ccc(NC(=O)c3ccco3)cc2)cc1. The number of hydrogen-bond donors (Lipinski definition) is 2. The summed E-state index contributed by atoms with van der Waals surface area (Å²) in [4.78, 5) is 37.8. The number of anilines is 1. The molecule has 1 heterocycles. The molecule has 7 nitrogen and oxygen atoms in total. The van der Waals surface area contributed by atoms with Gasteiger partial charge < -0.3 is 20.0 Å². The standard InChI is InChI=1S/C22H21N3O4/c1-23-20(26)16-7-5-15(6-8-16)14-25(2)22(28)17-9-11-18(12-10-17)24-21(27)19-4-3-13-29-19/h3-13H,14H2,1-2H3,(H,23,26)(H,24,27). The molecule has 148 valence electrons. The number of nitrogens with one attached hydrogen (secondary N) is 2. The lowest BCUT2D eigenvalue weighted by molar-refractivity contribution is 0.0784. The van der Waals surface area contributed by atoms with E-state index in [1.54, 1.807) is 67.5 Å². The first-order valence-electron chi connectivity index (χ1n) is 8.99. The first-order chi connectivity index (χ1) is 14.0. The van der Waals surface area contributed by atoms with Gasteiger partial charge in [-0.25, -0.2) is 0 Å². The molecule has 2 aromatic carbocycles. The summed E-state index contributed by atoms with van der Waals surface area (Å²) in [5.74, 6) is -0.441. The van der Waals surface area contributed by atoms with Crippen LogP contribution in [0.3, 0.4) is 0 Å². The van der Waals surface area contributed by atoms with Crippen molar-refractivity contribution in [3.63, 3.8) is 0 Å². The molecule has 0 fully saturated rings. The molecule has 0 spiro atoms. The van der Waals surface area contributed by atoms with Gasteiger partial charge in [0.25, 0.3) is 17.7 Å². The predicted octanol–water partition coefficient (Wildman–Crippen LogP) is 3.16.